The van der Waals surface area contributed by atoms with E-state index in [4.69, 9.17) is 4.98 Å². The molecule has 108 valence electrons. The van der Waals surface area contributed by atoms with Gasteiger partial charge in [0.2, 0.25) is 0 Å². The van der Waals surface area contributed by atoms with Crippen molar-refractivity contribution in [1.82, 2.24) is 15.3 Å². The Morgan fingerprint density at radius 1 is 1.33 bits per heavy atom. The standard InChI is InChI=1S/C16H16BrN3S/c1-3-18-10(2)14-9-21-16(20-14)12-6-7-13(17)11-5-4-8-19-15(11)12/h4-10,18H,3H2,1-2H3. The summed E-state index contributed by atoms with van der Waals surface area (Å²) in [6.45, 7) is 5.19. The third-order valence-electron chi connectivity index (χ3n) is 3.42. The van der Waals surface area contributed by atoms with Gasteiger partial charge in [-0.1, -0.05) is 28.9 Å². The summed E-state index contributed by atoms with van der Waals surface area (Å²) in [7, 11) is 0. The summed E-state index contributed by atoms with van der Waals surface area (Å²) in [6, 6.07) is 8.45. The Morgan fingerprint density at radius 3 is 3.00 bits per heavy atom. The summed E-state index contributed by atoms with van der Waals surface area (Å²) in [5.41, 5.74) is 3.17. The molecule has 1 unspecified atom stereocenters. The number of halogens is 1. The molecule has 0 aliphatic heterocycles. The molecule has 3 aromatic rings. The third kappa shape index (κ3) is 2.86. The van der Waals surface area contributed by atoms with Gasteiger partial charge in [0.25, 0.3) is 0 Å². The maximum Gasteiger partial charge on any atom is 0.125 e. The molecular formula is C16H16BrN3S. The molecule has 0 aliphatic rings. The number of benzene rings is 1. The Balaban J connectivity index is 2.07. The van der Waals surface area contributed by atoms with E-state index in [9.17, 15) is 0 Å². The lowest BCUT2D eigenvalue weighted by Gasteiger charge is -2.08. The first-order valence-electron chi connectivity index (χ1n) is 6.93. The minimum Gasteiger partial charge on any atom is -0.309 e. The summed E-state index contributed by atoms with van der Waals surface area (Å²) in [5.74, 6) is 0. The van der Waals surface area contributed by atoms with Gasteiger partial charge >= 0.3 is 0 Å². The minimum atomic E-state index is 0.273. The zero-order valence-electron chi connectivity index (χ0n) is 11.9. The molecule has 5 heteroatoms. The van der Waals surface area contributed by atoms with Gasteiger partial charge in [-0.25, -0.2) is 4.98 Å². The van der Waals surface area contributed by atoms with Crippen LogP contribution in [0.25, 0.3) is 21.5 Å². The van der Waals surface area contributed by atoms with E-state index in [0.717, 1.165) is 38.2 Å². The second-order valence-electron chi connectivity index (χ2n) is 4.85. The van der Waals surface area contributed by atoms with Crippen LogP contribution in [-0.4, -0.2) is 16.5 Å². The molecule has 1 aromatic carbocycles. The molecule has 3 rings (SSSR count). The Morgan fingerprint density at radius 2 is 2.19 bits per heavy atom. The number of fused-ring (bicyclic) bond motifs is 1. The average molecular weight is 362 g/mol. The molecule has 0 fully saturated rings. The molecule has 1 atom stereocenters. The van der Waals surface area contributed by atoms with E-state index in [1.165, 1.54) is 0 Å². The number of hydrogen-bond acceptors (Lipinski definition) is 4. The molecule has 0 radical (unpaired) electrons. The SMILES string of the molecule is CCNC(C)c1csc(-c2ccc(Br)c3cccnc23)n1. The van der Waals surface area contributed by atoms with Crippen LogP contribution in [0, 0.1) is 0 Å². The van der Waals surface area contributed by atoms with Crippen LogP contribution in [0.2, 0.25) is 0 Å². The predicted octanol–water partition coefficient (Wildman–Crippen LogP) is 4.79. The first-order chi connectivity index (χ1) is 10.2. The van der Waals surface area contributed by atoms with Crippen molar-refractivity contribution in [2.75, 3.05) is 6.54 Å². The fraction of sp³-hybridized carbons (Fsp3) is 0.250. The Kier molecular flexibility index (Phi) is 4.33. The van der Waals surface area contributed by atoms with Gasteiger partial charge < -0.3 is 5.32 Å². The Hall–Kier alpha value is -1.30. The van der Waals surface area contributed by atoms with Gasteiger partial charge in [-0.15, -0.1) is 11.3 Å². The van der Waals surface area contributed by atoms with E-state index in [2.05, 4.69) is 63.7 Å². The van der Waals surface area contributed by atoms with Crippen molar-refractivity contribution in [3.05, 3.63) is 46.0 Å². The maximum atomic E-state index is 4.78. The zero-order valence-corrected chi connectivity index (χ0v) is 14.3. The molecule has 1 N–H and O–H groups in total. The second kappa shape index (κ2) is 6.22. The molecule has 0 spiro atoms. The van der Waals surface area contributed by atoms with E-state index in [0.29, 0.717) is 0 Å². The van der Waals surface area contributed by atoms with Gasteiger partial charge in [0.05, 0.1) is 11.2 Å². The van der Waals surface area contributed by atoms with Crippen LogP contribution in [0.4, 0.5) is 0 Å². The van der Waals surface area contributed by atoms with Gasteiger partial charge in [0.15, 0.2) is 0 Å². The smallest absolute Gasteiger partial charge is 0.125 e. The lowest BCUT2D eigenvalue weighted by atomic mass is 10.1. The van der Waals surface area contributed by atoms with E-state index >= 15 is 0 Å². The van der Waals surface area contributed by atoms with Crippen LogP contribution in [0.3, 0.4) is 0 Å². The Bertz CT molecular complexity index is 769. The summed E-state index contributed by atoms with van der Waals surface area (Å²) in [6.07, 6.45) is 1.83. The minimum absolute atomic E-state index is 0.273. The van der Waals surface area contributed by atoms with E-state index < -0.39 is 0 Å². The highest BCUT2D eigenvalue weighted by Crippen LogP contribution is 2.34. The highest BCUT2D eigenvalue weighted by Gasteiger charge is 2.13. The van der Waals surface area contributed by atoms with Crippen LogP contribution in [0.1, 0.15) is 25.6 Å². The molecule has 0 bridgehead atoms. The lowest BCUT2D eigenvalue weighted by Crippen LogP contribution is -2.17. The average Bonchev–Trinajstić information content (AvgIpc) is 2.98. The maximum absolute atomic E-state index is 4.78. The summed E-state index contributed by atoms with van der Waals surface area (Å²) >= 11 is 5.26. The molecule has 0 aliphatic carbocycles. The van der Waals surface area contributed by atoms with Crippen molar-refractivity contribution in [3.63, 3.8) is 0 Å². The van der Waals surface area contributed by atoms with Crippen LogP contribution < -0.4 is 5.32 Å². The number of nitrogens with one attached hydrogen (secondary N) is 1. The molecule has 2 aromatic heterocycles. The van der Waals surface area contributed by atoms with Gasteiger partial charge in [-0.2, -0.15) is 0 Å². The first-order valence-corrected chi connectivity index (χ1v) is 8.60. The van der Waals surface area contributed by atoms with Crippen LogP contribution in [0.15, 0.2) is 40.3 Å². The van der Waals surface area contributed by atoms with Crippen molar-refractivity contribution < 1.29 is 0 Å². The quantitative estimate of drug-likeness (QED) is 0.725. The van der Waals surface area contributed by atoms with Crippen LogP contribution in [-0.2, 0) is 0 Å². The predicted molar refractivity (Wildman–Crippen MR) is 92.6 cm³/mol. The van der Waals surface area contributed by atoms with Crippen molar-refractivity contribution in [2.24, 2.45) is 0 Å². The first kappa shape index (κ1) is 14.6. The highest BCUT2D eigenvalue weighted by atomic mass is 79.9. The normalized spacial score (nSPS) is 12.7. The number of rotatable bonds is 4. The van der Waals surface area contributed by atoms with Gasteiger partial charge in [-0.05, 0) is 31.7 Å². The zero-order chi connectivity index (χ0) is 14.8. The summed E-state index contributed by atoms with van der Waals surface area (Å²) < 4.78 is 1.06. The fourth-order valence-electron chi connectivity index (χ4n) is 2.33. The largest absolute Gasteiger partial charge is 0.309 e. The summed E-state index contributed by atoms with van der Waals surface area (Å²) in [5, 5.41) is 7.65. The molecule has 3 nitrogen and oxygen atoms in total. The second-order valence-corrected chi connectivity index (χ2v) is 6.56. The Labute approximate surface area is 136 Å². The van der Waals surface area contributed by atoms with Gasteiger partial charge in [-0.3, -0.25) is 4.98 Å². The number of thiazole rings is 1. The van der Waals surface area contributed by atoms with E-state index in [-0.39, 0.29) is 6.04 Å². The molecule has 0 saturated carbocycles. The van der Waals surface area contributed by atoms with Crippen molar-refractivity contribution in [1.29, 1.82) is 0 Å². The van der Waals surface area contributed by atoms with Crippen molar-refractivity contribution >= 4 is 38.2 Å². The third-order valence-corrected chi connectivity index (χ3v) is 5.01. The van der Waals surface area contributed by atoms with E-state index in [1.54, 1.807) is 11.3 Å². The highest BCUT2D eigenvalue weighted by molar-refractivity contribution is 9.10. The molecule has 2 heterocycles. The van der Waals surface area contributed by atoms with Crippen LogP contribution in [0.5, 0.6) is 0 Å². The van der Waals surface area contributed by atoms with Crippen LogP contribution >= 0.6 is 27.3 Å². The molecular weight excluding hydrogens is 346 g/mol. The van der Waals surface area contributed by atoms with Gasteiger partial charge in [0, 0.05) is 33.0 Å². The number of pyridine rings is 1. The number of nitrogens with zero attached hydrogens (tertiary/aromatic N) is 2. The fourth-order valence-corrected chi connectivity index (χ4v) is 3.72. The molecule has 0 amide bonds. The monoisotopic (exact) mass is 361 g/mol. The molecule has 21 heavy (non-hydrogen) atoms. The number of aromatic nitrogens is 2. The van der Waals surface area contributed by atoms with Crippen molar-refractivity contribution in [3.8, 4) is 10.6 Å². The van der Waals surface area contributed by atoms with Gasteiger partial charge in [0.1, 0.15) is 5.01 Å². The van der Waals surface area contributed by atoms with Crippen molar-refractivity contribution in [2.45, 2.75) is 19.9 Å². The molecule has 0 saturated heterocycles. The summed E-state index contributed by atoms with van der Waals surface area (Å²) in [4.78, 5) is 9.31. The lowest BCUT2D eigenvalue weighted by molar-refractivity contribution is 0.587. The number of hydrogen-bond donors (Lipinski definition) is 1. The topological polar surface area (TPSA) is 37.8 Å². The van der Waals surface area contributed by atoms with E-state index in [1.807, 2.05) is 12.3 Å².